The van der Waals surface area contributed by atoms with Crippen LogP contribution in [0.5, 0.6) is 0 Å². The Balaban J connectivity index is 0. The first-order valence-electron chi connectivity index (χ1n) is 1.00. The molecule has 0 aromatic rings. The molecule has 0 aliphatic heterocycles. The van der Waals surface area contributed by atoms with Crippen LogP contribution >= 0.6 is 0 Å². The molecule has 0 spiro atoms. The molecule has 0 saturated heterocycles. The predicted molar refractivity (Wildman–Crippen MR) is 19.7 cm³/mol. The van der Waals surface area contributed by atoms with Gasteiger partial charge >= 0.3 is 85.7 Å². The molecule has 0 rings (SSSR count). The second-order valence-electron chi connectivity index (χ2n) is 0.476. The largest absolute Gasteiger partial charge is 2.00 e. The summed E-state index contributed by atoms with van der Waals surface area (Å²) in [6, 6.07) is 0. The maximum atomic E-state index is 9.32. The van der Waals surface area contributed by atoms with E-state index in [0.717, 1.165) is 0 Å². The van der Waals surface area contributed by atoms with Crippen molar-refractivity contribution >= 4 is 66.7 Å². The Labute approximate surface area is 84.5 Å². The number of hydrogen-bond acceptors (Lipinski definition) is 5. The maximum Gasteiger partial charge on any atom is 2.00 e. The van der Waals surface area contributed by atoms with Crippen molar-refractivity contribution in [2.24, 2.45) is 0 Å². The van der Waals surface area contributed by atoms with Gasteiger partial charge in [-0.2, -0.15) is 0 Å². The Morgan fingerprint density at radius 1 is 1.12 bits per heavy atom. The van der Waals surface area contributed by atoms with Crippen LogP contribution in [-0.4, -0.2) is 66.7 Å². The van der Waals surface area contributed by atoms with Crippen LogP contribution in [0.1, 0.15) is 0 Å². The first-order chi connectivity index (χ1) is 3.13. The van der Waals surface area contributed by atoms with E-state index in [9.17, 15) is 16.0 Å². The molecule has 0 aliphatic rings. The molecule has 0 fully saturated rings. The normalized spacial score (nSPS) is 16.2. The van der Waals surface area contributed by atoms with Gasteiger partial charge in [0.2, 0.25) is 0 Å². The first kappa shape index (κ1) is 12.5. The first-order valence-corrected chi connectivity index (χ1v) is 5.20. The Kier molecular flexibility index (Phi) is 10.7. The molecule has 44 valence electrons. The van der Waals surface area contributed by atoms with Gasteiger partial charge in [-0.15, -0.1) is 0 Å². The standard InChI is InChI=1S/Ca.H2O5Se2/c;1-6(2)5-7(3)4/h;(H,1,2)(H,3,4)/q+2;/p-2. The van der Waals surface area contributed by atoms with Crippen LogP contribution in [0.3, 0.4) is 0 Å². The van der Waals surface area contributed by atoms with Crippen molar-refractivity contribution in [3.05, 3.63) is 0 Å². The van der Waals surface area contributed by atoms with E-state index < -0.39 is 29.0 Å². The second-order valence-corrected chi connectivity index (χ2v) is 3.96. The third-order valence-corrected chi connectivity index (χ3v) is 3.00. The van der Waals surface area contributed by atoms with Gasteiger partial charge in [-0.05, 0) is 0 Å². The van der Waals surface area contributed by atoms with Gasteiger partial charge in [-0.1, -0.05) is 0 Å². The average Bonchev–Trinajstić information content (AvgIpc) is 1.27. The minimum atomic E-state index is -3.69. The van der Waals surface area contributed by atoms with Crippen LogP contribution in [0.15, 0.2) is 0 Å². The van der Waals surface area contributed by atoms with Gasteiger partial charge in [0.05, 0.1) is 0 Å². The molecule has 0 atom stereocenters. The van der Waals surface area contributed by atoms with Crippen LogP contribution in [0.25, 0.3) is 0 Å². The van der Waals surface area contributed by atoms with E-state index in [1.54, 1.807) is 0 Å². The van der Waals surface area contributed by atoms with Gasteiger partial charge in [0.1, 0.15) is 0 Å². The quantitative estimate of drug-likeness (QED) is 0.483. The minimum Gasteiger partial charge on any atom is 2.00 e. The fourth-order valence-corrected chi connectivity index (χ4v) is 1.22. The van der Waals surface area contributed by atoms with E-state index in [0.29, 0.717) is 0 Å². The van der Waals surface area contributed by atoms with Crippen molar-refractivity contribution in [3.63, 3.8) is 0 Å². The monoisotopic (exact) mass is 280 g/mol. The summed E-state index contributed by atoms with van der Waals surface area (Å²) in [4.78, 5) is 0. The van der Waals surface area contributed by atoms with Crippen molar-refractivity contribution in [1.82, 2.24) is 0 Å². The summed E-state index contributed by atoms with van der Waals surface area (Å²) in [5.74, 6) is 0. The zero-order valence-electron chi connectivity index (χ0n) is 3.56. The molecule has 0 saturated carbocycles. The molecule has 0 heterocycles. The molecule has 0 aromatic heterocycles. The second kappa shape index (κ2) is 6.89. The van der Waals surface area contributed by atoms with Crippen LogP contribution < -0.4 is 8.38 Å². The van der Waals surface area contributed by atoms with E-state index in [1.165, 1.54) is 0 Å². The molecule has 5 nitrogen and oxygen atoms in total. The van der Waals surface area contributed by atoms with Gasteiger partial charge in [0, 0.05) is 0 Å². The van der Waals surface area contributed by atoms with Gasteiger partial charge in [-0.3, -0.25) is 0 Å². The van der Waals surface area contributed by atoms with E-state index in [4.69, 9.17) is 0 Å². The number of rotatable bonds is 2. The third-order valence-electron chi connectivity index (χ3n) is 0.111. The fourth-order valence-electron chi connectivity index (χ4n) is 0.0454. The van der Waals surface area contributed by atoms with Crippen LogP contribution in [0.2, 0.25) is 0 Å². The Morgan fingerprint density at radius 2 is 1.38 bits per heavy atom. The van der Waals surface area contributed by atoms with Gasteiger partial charge in [-0.25, -0.2) is 0 Å². The summed E-state index contributed by atoms with van der Waals surface area (Å²) in [7, 11) is 0. The molecule has 0 unspecified atom stereocenters. The zero-order valence-corrected chi connectivity index (χ0v) is 9.20. The van der Waals surface area contributed by atoms with Gasteiger partial charge in [0.15, 0.2) is 0 Å². The topological polar surface area (TPSA) is 89.5 Å². The fraction of sp³-hybridized carbons (Fsp3) is 0. The van der Waals surface area contributed by atoms with E-state index >= 15 is 0 Å². The summed E-state index contributed by atoms with van der Waals surface area (Å²) in [6.07, 6.45) is 0. The molecule has 0 bridgehead atoms. The van der Waals surface area contributed by atoms with Crippen LogP contribution in [0, 0.1) is 0 Å². The molecular formula is CaO5Se2. The molecule has 8 heteroatoms. The molecule has 0 amide bonds. The molecule has 0 radical (unpaired) electrons. The molecule has 0 aromatic carbocycles. The summed E-state index contributed by atoms with van der Waals surface area (Å²) in [6.45, 7) is 0. The summed E-state index contributed by atoms with van der Waals surface area (Å²) in [5.41, 5.74) is 0. The average molecular weight is 278 g/mol. The van der Waals surface area contributed by atoms with E-state index in [2.05, 4.69) is 2.90 Å². The van der Waals surface area contributed by atoms with Crippen molar-refractivity contribution in [3.8, 4) is 0 Å². The summed E-state index contributed by atoms with van der Waals surface area (Å²) < 4.78 is 40.5. The van der Waals surface area contributed by atoms with Crippen molar-refractivity contribution < 1.29 is 18.9 Å². The Hall–Kier alpha value is 1.78. The maximum absolute atomic E-state index is 9.32. The molecule has 8 heavy (non-hydrogen) atoms. The smallest absolute Gasteiger partial charge is 2.00 e. The Morgan fingerprint density at radius 3 is 1.38 bits per heavy atom. The SMILES string of the molecule is O=[Se]([O-])O[Se](=O)[O-].[Ca+2]. The van der Waals surface area contributed by atoms with Gasteiger partial charge in [0.25, 0.3) is 0 Å². The molecule has 0 aliphatic carbocycles. The van der Waals surface area contributed by atoms with E-state index in [1.807, 2.05) is 0 Å². The molecular weight excluding hydrogens is 278 g/mol. The van der Waals surface area contributed by atoms with Crippen molar-refractivity contribution in [2.75, 3.05) is 0 Å². The van der Waals surface area contributed by atoms with Crippen LogP contribution in [0.4, 0.5) is 0 Å². The number of hydrogen-bond donors (Lipinski definition) is 0. The zero-order chi connectivity index (χ0) is 5.86. The molecule has 0 N–H and O–H groups in total. The minimum absolute atomic E-state index is 0. The van der Waals surface area contributed by atoms with Crippen LogP contribution in [-0.2, 0) is 10.6 Å². The predicted octanol–water partition coefficient (Wildman–Crippen LogP) is -3.83. The van der Waals surface area contributed by atoms with E-state index in [-0.39, 0.29) is 37.7 Å². The summed E-state index contributed by atoms with van der Waals surface area (Å²) in [5, 5.41) is 0. The summed E-state index contributed by atoms with van der Waals surface area (Å²) >= 11 is -7.38. The Bertz CT molecular complexity index is 86.6. The van der Waals surface area contributed by atoms with Crippen molar-refractivity contribution in [1.29, 1.82) is 0 Å². The van der Waals surface area contributed by atoms with Crippen molar-refractivity contribution in [2.45, 2.75) is 0 Å². The third kappa shape index (κ3) is 10.7. The van der Waals surface area contributed by atoms with Gasteiger partial charge < -0.3 is 0 Å².